The fourth-order valence-corrected chi connectivity index (χ4v) is 7.71. The van der Waals surface area contributed by atoms with E-state index in [1.54, 1.807) is 0 Å². The monoisotopic (exact) mass is 783 g/mol. The number of fused-ring (bicyclic) bond motifs is 5. The average Bonchev–Trinajstić information content (AvgIpc) is 3.83. The third-order valence-corrected chi connectivity index (χ3v) is 9.99. The van der Waals surface area contributed by atoms with Gasteiger partial charge in [0, 0.05) is 68.4 Å². The second kappa shape index (κ2) is 11.0. The number of hydrogen-bond acceptors (Lipinski definition) is 5. The van der Waals surface area contributed by atoms with E-state index in [9.17, 15) is 0 Å². The molecule has 7 heteroatoms. The Labute approximate surface area is 284 Å². The smallest absolute Gasteiger partial charge is 0.135 e. The molecule has 4 aliphatic rings. The van der Waals surface area contributed by atoms with E-state index in [4.69, 9.17) is 9.72 Å². The Bertz CT molecular complexity index is 2080. The molecule has 0 amide bonds. The summed E-state index contributed by atoms with van der Waals surface area (Å²) in [6.07, 6.45) is 9.80. The Hall–Kier alpha value is -4.15. The first-order chi connectivity index (χ1) is 21.9. The van der Waals surface area contributed by atoms with Crippen LogP contribution in [0.4, 0.5) is 17.1 Å². The second-order valence-electron chi connectivity index (χ2n) is 13.7. The van der Waals surface area contributed by atoms with Gasteiger partial charge in [-0.25, -0.2) is 4.98 Å². The van der Waals surface area contributed by atoms with E-state index in [-0.39, 0.29) is 26.5 Å². The molecular formula is C39H34N5OPt-3. The summed E-state index contributed by atoms with van der Waals surface area (Å²) in [6.45, 7) is 8.92. The van der Waals surface area contributed by atoms with Gasteiger partial charge in [0.25, 0.3) is 0 Å². The molecule has 0 spiro atoms. The Morgan fingerprint density at radius 3 is 2.50 bits per heavy atom. The van der Waals surface area contributed by atoms with Gasteiger partial charge in [-0.1, -0.05) is 44.5 Å². The van der Waals surface area contributed by atoms with Gasteiger partial charge in [-0.2, -0.15) is 18.8 Å². The number of rotatable bonds is 5. The summed E-state index contributed by atoms with van der Waals surface area (Å²) < 4.78 is 8.67. The zero-order valence-corrected chi connectivity index (χ0v) is 28.3. The van der Waals surface area contributed by atoms with Crippen LogP contribution in [0.1, 0.15) is 45.6 Å². The van der Waals surface area contributed by atoms with Gasteiger partial charge in [0.15, 0.2) is 0 Å². The van der Waals surface area contributed by atoms with E-state index in [0.717, 1.165) is 50.8 Å². The fourth-order valence-electron chi connectivity index (χ4n) is 7.71. The van der Waals surface area contributed by atoms with Crippen molar-refractivity contribution in [1.29, 1.82) is 0 Å². The van der Waals surface area contributed by atoms with Crippen LogP contribution >= 0.6 is 0 Å². The van der Waals surface area contributed by atoms with Gasteiger partial charge < -0.3 is 19.1 Å². The van der Waals surface area contributed by atoms with Crippen LogP contribution in [0.2, 0.25) is 0 Å². The third-order valence-electron chi connectivity index (χ3n) is 9.99. The number of nitrogens with zero attached hydrogens (tertiary/aromatic N) is 5. The van der Waals surface area contributed by atoms with Crippen LogP contribution in [0, 0.1) is 30.6 Å². The summed E-state index contributed by atoms with van der Waals surface area (Å²) in [5, 5.41) is 2.27. The molecule has 6 aromatic rings. The molecule has 234 valence electrons. The standard InChI is InChI=1S/C39H34N5O.Pt/c1-39(2,3)27-15-18-41-37(20-27)44-33-10-5-4-9-31(33)32-14-13-30(22-35(32)44)45-29-8-6-7-28(21-29)42-24-43(34-16-17-40-23-36(34)42)38-25-11-12-26(38)19-25;/h4-10,13-18,20,23-26,38H,11-12,19H2,1-3H3;/q-3;. The zero-order chi connectivity index (χ0) is 30.3. The third kappa shape index (κ3) is 4.64. The van der Waals surface area contributed by atoms with Crippen molar-refractivity contribution in [1.82, 2.24) is 14.5 Å². The van der Waals surface area contributed by atoms with Crippen LogP contribution in [0.25, 0.3) is 27.6 Å². The summed E-state index contributed by atoms with van der Waals surface area (Å²) in [4.78, 5) is 13.9. The maximum Gasteiger partial charge on any atom is 0.135 e. The van der Waals surface area contributed by atoms with Crippen molar-refractivity contribution in [3.63, 3.8) is 0 Å². The minimum atomic E-state index is 0. The summed E-state index contributed by atoms with van der Waals surface area (Å²) >= 11 is 0. The molecule has 0 saturated heterocycles. The molecule has 2 bridgehead atoms. The molecule has 6 nitrogen and oxygen atoms in total. The van der Waals surface area contributed by atoms with Crippen molar-refractivity contribution in [3.8, 4) is 17.3 Å². The van der Waals surface area contributed by atoms with E-state index in [0.29, 0.717) is 17.5 Å². The number of benzene rings is 3. The number of para-hydroxylation sites is 1. The molecule has 0 N–H and O–H groups in total. The maximum atomic E-state index is 6.48. The molecule has 10 rings (SSSR count). The van der Waals surface area contributed by atoms with E-state index >= 15 is 0 Å². The normalized spacial score (nSPS) is 20.1. The van der Waals surface area contributed by atoms with Crippen LogP contribution in [-0.2, 0) is 26.5 Å². The Balaban J connectivity index is 0.00000312. The first-order valence-electron chi connectivity index (χ1n) is 15.9. The van der Waals surface area contributed by atoms with E-state index in [2.05, 4.69) is 114 Å². The summed E-state index contributed by atoms with van der Waals surface area (Å²) in [5.74, 6) is 3.72. The van der Waals surface area contributed by atoms with Crippen LogP contribution in [0.5, 0.6) is 11.5 Å². The van der Waals surface area contributed by atoms with Crippen molar-refractivity contribution in [3.05, 3.63) is 116 Å². The van der Waals surface area contributed by atoms with Crippen LogP contribution in [-0.4, -0.2) is 20.6 Å². The predicted octanol–water partition coefficient (Wildman–Crippen LogP) is 9.14. The summed E-state index contributed by atoms with van der Waals surface area (Å²) in [6, 6.07) is 32.8. The molecule has 4 heterocycles. The van der Waals surface area contributed by atoms with Crippen LogP contribution < -0.4 is 14.5 Å². The van der Waals surface area contributed by atoms with Crippen molar-refractivity contribution >= 4 is 38.9 Å². The second-order valence-corrected chi connectivity index (χ2v) is 13.7. The first-order valence-corrected chi connectivity index (χ1v) is 15.9. The number of ether oxygens (including phenoxy) is 1. The van der Waals surface area contributed by atoms with E-state index in [1.807, 2.05) is 36.8 Å². The number of pyridine rings is 2. The Kier molecular flexibility index (Phi) is 6.99. The van der Waals surface area contributed by atoms with Crippen LogP contribution in [0.15, 0.2) is 91.4 Å². The van der Waals surface area contributed by atoms with Crippen molar-refractivity contribution < 1.29 is 25.8 Å². The first kappa shape index (κ1) is 29.3. The zero-order valence-electron chi connectivity index (χ0n) is 26.1. The summed E-state index contributed by atoms with van der Waals surface area (Å²) in [5.41, 5.74) is 6.50. The van der Waals surface area contributed by atoms with Gasteiger partial charge in [-0.05, 0) is 71.7 Å². The van der Waals surface area contributed by atoms with Crippen molar-refractivity contribution in [2.24, 2.45) is 11.8 Å². The minimum Gasteiger partial charge on any atom is -0.509 e. The fraction of sp³-hybridized carbons (Fsp3) is 0.256. The molecule has 3 aliphatic carbocycles. The molecule has 3 saturated carbocycles. The molecule has 46 heavy (non-hydrogen) atoms. The number of aromatic nitrogens is 3. The van der Waals surface area contributed by atoms with Crippen LogP contribution in [0.3, 0.4) is 0 Å². The molecule has 2 atom stereocenters. The topological polar surface area (TPSA) is 46.4 Å². The maximum absolute atomic E-state index is 6.48. The molecule has 0 radical (unpaired) electrons. The molecule has 3 aromatic heterocycles. The van der Waals surface area contributed by atoms with Gasteiger partial charge in [-0.15, -0.1) is 41.4 Å². The summed E-state index contributed by atoms with van der Waals surface area (Å²) in [7, 11) is 0. The van der Waals surface area contributed by atoms with Crippen molar-refractivity contribution in [2.45, 2.75) is 51.5 Å². The van der Waals surface area contributed by atoms with Gasteiger partial charge in [0.05, 0.1) is 5.69 Å². The SMILES string of the molecule is CC(C)(C)c1ccnc(-n2c3[c-]c(Oc4[c-]c(N5[CH-]N(C6C7CCC6C7)c6ccncc65)ccc4)ccc3c3ccccc32)c1.[Pt]. The van der Waals surface area contributed by atoms with Gasteiger partial charge >= 0.3 is 0 Å². The largest absolute Gasteiger partial charge is 0.509 e. The Morgan fingerprint density at radius 1 is 0.848 bits per heavy atom. The molecule has 3 fully saturated rings. The van der Waals surface area contributed by atoms with E-state index in [1.165, 1.54) is 30.5 Å². The van der Waals surface area contributed by atoms with Gasteiger partial charge in [0.1, 0.15) is 5.82 Å². The average molecular weight is 784 g/mol. The molecule has 2 unspecified atom stereocenters. The Morgan fingerprint density at radius 2 is 1.67 bits per heavy atom. The number of hydrogen-bond donors (Lipinski definition) is 0. The predicted molar refractivity (Wildman–Crippen MR) is 179 cm³/mol. The quantitative estimate of drug-likeness (QED) is 0.163. The molecule has 1 aliphatic heterocycles. The van der Waals surface area contributed by atoms with Gasteiger partial charge in [-0.3, -0.25) is 4.98 Å². The number of anilines is 3. The molecular weight excluding hydrogens is 750 g/mol. The minimum absolute atomic E-state index is 0. The van der Waals surface area contributed by atoms with Crippen molar-refractivity contribution in [2.75, 3.05) is 9.80 Å². The van der Waals surface area contributed by atoms with E-state index < -0.39 is 0 Å². The van der Waals surface area contributed by atoms with Gasteiger partial charge in [0.2, 0.25) is 0 Å². The molecule has 3 aromatic carbocycles.